The van der Waals surface area contributed by atoms with Gasteiger partial charge in [0.2, 0.25) is 11.8 Å². The van der Waals surface area contributed by atoms with Gasteiger partial charge in [0.1, 0.15) is 5.75 Å². The number of amides is 2. The van der Waals surface area contributed by atoms with E-state index in [9.17, 15) is 18.4 Å². The van der Waals surface area contributed by atoms with Crippen LogP contribution in [0.3, 0.4) is 0 Å². The van der Waals surface area contributed by atoms with E-state index in [1.165, 1.54) is 12.1 Å². The van der Waals surface area contributed by atoms with E-state index in [-0.39, 0.29) is 34.9 Å². The Hall–Kier alpha value is -3.00. The first kappa shape index (κ1) is 27.0. The van der Waals surface area contributed by atoms with Crippen LogP contribution in [0.1, 0.15) is 56.7 Å². The molecule has 6 nitrogen and oxygen atoms in total. The molecule has 0 aliphatic carbocycles. The van der Waals surface area contributed by atoms with Gasteiger partial charge >= 0.3 is 6.61 Å². The summed E-state index contributed by atoms with van der Waals surface area (Å²) in [6, 6.07) is 16.6. The van der Waals surface area contributed by atoms with Crippen molar-refractivity contribution >= 4 is 11.8 Å². The van der Waals surface area contributed by atoms with Gasteiger partial charge in [-0.15, -0.1) is 0 Å². The molecule has 2 fully saturated rings. The largest absolute Gasteiger partial charge is 0.435 e. The van der Waals surface area contributed by atoms with Crippen molar-refractivity contribution in [2.45, 2.75) is 58.7 Å². The first-order chi connectivity index (χ1) is 17.8. The number of likely N-dealkylation sites (tertiary alicyclic amines) is 2. The first-order valence-electron chi connectivity index (χ1n) is 13.2. The van der Waals surface area contributed by atoms with Gasteiger partial charge < -0.3 is 19.9 Å². The van der Waals surface area contributed by atoms with Crippen LogP contribution >= 0.6 is 0 Å². The molecule has 37 heavy (non-hydrogen) atoms. The Bertz CT molecular complexity index is 1040. The molecule has 4 rings (SSSR count). The molecule has 0 bridgehead atoms. The second-order valence-electron chi connectivity index (χ2n) is 10.5. The van der Waals surface area contributed by atoms with Crippen molar-refractivity contribution in [1.82, 2.24) is 15.1 Å². The van der Waals surface area contributed by atoms with E-state index in [0.29, 0.717) is 13.1 Å². The second-order valence-corrected chi connectivity index (χ2v) is 10.5. The number of nitrogens with one attached hydrogen (secondary N) is 1. The fourth-order valence-electron chi connectivity index (χ4n) is 5.37. The van der Waals surface area contributed by atoms with E-state index in [4.69, 9.17) is 0 Å². The van der Waals surface area contributed by atoms with E-state index >= 15 is 0 Å². The lowest BCUT2D eigenvalue weighted by Crippen LogP contribution is -2.45. The fraction of sp³-hybridized carbons (Fsp3) is 0.517. The Kier molecular flexibility index (Phi) is 8.79. The van der Waals surface area contributed by atoms with Gasteiger partial charge in [-0.05, 0) is 62.0 Å². The maximum Gasteiger partial charge on any atom is 0.387 e. The lowest BCUT2D eigenvalue weighted by Gasteiger charge is -2.38. The summed E-state index contributed by atoms with van der Waals surface area (Å²) in [4.78, 5) is 30.1. The molecule has 1 spiro atoms. The standard InChI is InChI=1S/C29H37F2N3O3/c1-21(2)26(35)32-25(23-6-4-3-5-7-23)12-16-33-17-13-29(14-18-33)15-19-34(27(29)36)20-22-8-10-24(11-9-22)37-28(30)31/h3-11,21,25,28H,12-20H2,1-2H3,(H,32,35)/t25-/m0/s1. The van der Waals surface area contributed by atoms with Crippen molar-refractivity contribution in [3.63, 3.8) is 0 Å². The highest BCUT2D eigenvalue weighted by Gasteiger charge is 2.47. The summed E-state index contributed by atoms with van der Waals surface area (Å²) in [6.45, 7) is 4.73. The van der Waals surface area contributed by atoms with Gasteiger partial charge in [-0.25, -0.2) is 0 Å². The van der Waals surface area contributed by atoms with Crippen LogP contribution in [0.4, 0.5) is 8.78 Å². The minimum atomic E-state index is -2.85. The van der Waals surface area contributed by atoms with E-state index in [0.717, 1.165) is 56.4 Å². The molecule has 0 aromatic heterocycles. The molecule has 1 N–H and O–H groups in total. The highest BCUT2D eigenvalue weighted by atomic mass is 19.3. The number of piperidine rings is 1. The average molecular weight is 514 g/mol. The molecule has 2 heterocycles. The van der Waals surface area contributed by atoms with Crippen LogP contribution in [0.5, 0.6) is 5.75 Å². The number of hydrogen-bond donors (Lipinski definition) is 1. The molecule has 2 aliphatic heterocycles. The predicted molar refractivity (Wildman–Crippen MR) is 138 cm³/mol. The summed E-state index contributed by atoms with van der Waals surface area (Å²) in [5.41, 5.74) is 1.71. The number of rotatable bonds is 10. The summed E-state index contributed by atoms with van der Waals surface area (Å²) >= 11 is 0. The molecule has 2 aromatic carbocycles. The van der Waals surface area contributed by atoms with Crippen molar-refractivity contribution in [3.05, 3.63) is 65.7 Å². The SMILES string of the molecule is CC(C)C(=O)N[C@@H](CCN1CCC2(CC1)CCN(Cc1ccc(OC(F)F)cc1)C2=O)c1ccccc1. The molecule has 2 amide bonds. The number of hydrogen-bond acceptors (Lipinski definition) is 4. The summed E-state index contributed by atoms with van der Waals surface area (Å²) in [5, 5.41) is 3.20. The monoisotopic (exact) mass is 513 g/mol. The third kappa shape index (κ3) is 6.86. The molecule has 0 unspecified atom stereocenters. The molecule has 0 saturated carbocycles. The number of nitrogens with zero attached hydrogens (tertiary/aromatic N) is 2. The molecule has 2 saturated heterocycles. The molecule has 2 aliphatic rings. The Morgan fingerprint density at radius 3 is 2.27 bits per heavy atom. The summed E-state index contributed by atoms with van der Waals surface area (Å²) < 4.78 is 29.2. The van der Waals surface area contributed by atoms with Gasteiger partial charge in [0.25, 0.3) is 0 Å². The molecule has 0 radical (unpaired) electrons. The normalized spacial score (nSPS) is 18.5. The van der Waals surface area contributed by atoms with Crippen molar-refractivity contribution < 1.29 is 23.1 Å². The minimum absolute atomic E-state index is 0.0342. The van der Waals surface area contributed by atoms with E-state index in [1.54, 1.807) is 12.1 Å². The van der Waals surface area contributed by atoms with Gasteiger partial charge in [0.05, 0.1) is 11.5 Å². The second kappa shape index (κ2) is 12.0. The number of benzene rings is 2. The van der Waals surface area contributed by atoms with E-state index in [2.05, 4.69) is 27.1 Å². The molecular weight excluding hydrogens is 476 g/mol. The topological polar surface area (TPSA) is 61.9 Å². The Balaban J connectivity index is 1.29. The number of carbonyl (C=O) groups is 2. The summed E-state index contributed by atoms with van der Waals surface area (Å²) in [5.74, 6) is 0.306. The summed E-state index contributed by atoms with van der Waals surface area (Å²) in [6.07, 6.45) is 3.33. The Morgan fingerprint density at radius 1 is 1.00 bits per heavy atom. The molecular formula is C29H37F2N3O3. The van der Waals surface area contributed by atoms with Crippen LogP contribution in [-0.4, -0.2) is 54.4 Å². The maximum absolute atomic E-state index is 13.4. The third-order valence-electron chi connectivity index (χ3n) is 7.71. The zero-order valence-electron chi connectivity index (χ0n) is 21.7. The van der Waals surface area contributed by atoms with E-state index in [1.807, 2.05) is 36.9 Å². The quantitative estimate of drug-likeness (QED) is 0.486. The van der Waals surface area contributed by atoms with Crippen molar-refractivity contribution in [2.24, 2.45) is 11.3 Å². The molecule has 2 aromatic rings. The van der Waals surface area contributed by atoms with Crippen molar-refractivity contribution in [3.8, 4) is 5.75 Å². The van der Waals surface area contributed by atoms with Crippen molar-refractivity contribution in [2.75, 3.05) is 26.2 Å². The Labute approximate surface area is 218 Å². The number of halogens is 2. The van der Waals surface area contributed by atoms with E-state index < -0.39 is 6.61 Å². The lowest BCUT2D eigenvalue weighted by atomic mass is 9.77. The number of carbonyl (C=O) groups excluding carboxylic acids is 2. The minimum Gasteiger partial charge on any atom is -0.435 e. The zero-order valence-corrected chi connectivity index (χ0v) is 21.7. The number of ether oxygens (including phenoxy) is 1. The Morgan fingerprint density at radius 2 is 1.65 bits per heavy atom. The van der Waals surface area contributed by atoms with Gasteiger partial charge in [-0.3, -0.25) is 9.59 Å². The summed E-state index contributed by atoms with van der Waals surface area (Å²) in [7, 11) is 0. The van der Waals surface area contributed by atoms with Crippen LogP contribution in [0.15, 0.2) is 54.6 Å². The molecule has 200 valence electrons. The van der Waals surface area contributed by atoms with Crippen LogP contribution in [0, 0.1) is 11.3 Å². The van der Waals surface area contributed by atoms with Crippen molar-refractivity contribution in [1.29, 1.82) is 0 Å². The maximum atomic E-state index is 13.4. The lowest BCUT2D eigenvalue weighted by molar-refractivity contribution is -0.139. The number of alkyl halides is 2. The zero-order chi connectivity index (χ0) is 26.4. The van der Waals surface area contributed by atoms with Crippen LogP contribution in [0.25, 0.3) is 0 Å². The van der Waals surface area contributed by atoms with Crippen LogP contribution < -0.4 is 10.1 Å². The molecule has 8 heteroatoms. The van der Waals surface area contributed by atoms with Crippen LogP contribution in [0.2, 0.25) is 0 Å². The highest BCUT2D eigenvalue weighted by molar-refractivity contribution is 5.85. The predicted octanol–water partition coefficient (Wildman–Crippen LogP) is 5.01. The van der Waals surface area contributed by atoms with Gasteiger partial charge in [-0.1, -0.05) is 56.3 Å². The smallest absolute Gasteiger partial charge is 0.387 e. The third-order valence-corrected chi connectivity index (χ3v) is 7.71. The van der Waals surface area contributed by atoms with Gasteiger partial charge in [-0.2, -0.15) is 8.78 Å². The van der Waals surface area contributed by atoms with Gasteiger partial charge in [0.15, 0.2) is 0 Å². The fourth-order valence-corrected chi connectivity index (χ4v) is 5.37. The first-order valence-corrected chi connectivity index (χ1v) is 13.2. The van der Waals surface area contributed by atoms with Gasteiger partial charge in [0, 0.05) is 25.6 Å². The highest BCUT2D eigenvalue weighted by Crippen LogP contribution is 2.42. The molecule has 1 atom stereocenters. The average Bonchev–Trinajstić information content (AvgIpc) is 3.18. The van der Waals surface area contributed by atoms with Crippen LogP contribution in [-0.2, 0) is 16.1 Å².